The van der Waals surface area contributed by atoms with Gasteiger partial charge in [-0.3, -0.25) is 14.9 Å². The molecule has 1 amide bonds. The van der Waals surface area contributed by atoms with Gasteiger partial charge in [-0.15, -0.1) is 0 Å². The van der Waals surface area contributed by atoms with Crippen LogP contribution in [-0.4, -0.2) is 20.4 Å². The summed E-state index contributed by atoms with van der Waals surface area (Å²) in [5, 5.41) is 13.9. The summed E-state index contributed by atoms with van der Waals surface area (Å²) in [6.45, 7) is 2.59. The van der Waals surface area contributed by atoms with Gasteiger partial charge in [-0.1, -0.05) is 18.2 Å². The number of amides is 1. The molecule has 0 bridgehead atoms. The maximum absolute atomic E-state index is 12.5. The molecule has 4 rings (SSSR count). The first-order valence-electron chi connectivity index (χ1n) is 9.25. The topological polar surface area (TPSA) is 90.1 Å². The number of carbonyl (C=O) groups is 1. The molecular weight excluding hydrogens is 356 g/mol. The van der Waals surface area contributed by atoms with Crippen LogP contribution in [0.25, 0.3) is 11.3 Å². The second kappa shape index (κ2) is 7.26. The minimum absolute atomic E-state index is 0.0632. The fourth-order valence-corrected chi connectivity index (χ4v) is 3.54. The third-order valence-corrected chi connectivity index (χ3v) is 5.09. The molecule has 142 valence electrons. The summed E-state index contributed by atoms with van der Waals surface area (Å²) in [6.07, 6.45) is 5.45. The molecule has 1 aliphatic heterocycles. The van der Waals surface area contributed by atoms with Crippen LogP contribution in [0.2, 0.25) is 0 Å². The summed E-state index contributed by atoms with van der Waals surface area (Å²) in [5.41, 5.74) is 3.14. The van der Waals surface area contributed by atoms with Crippen LogP contribution in [0.1, 0.15) is 34.6 Å². The number of nitrogens with one attached hydrogen (secondary N) is 1. The Bertz CT molecular complexity index is 1030. The molecule has 2 heterocycles. The molecule has 0 radical (unpaired) electrons. The van der Waals surface area contributed by atoms with Crippen molar-refractivity contribution in [2.75, 3.05) is 5.32 Å². The standard InChI is InChI=1S/C21H20N4O3/c1-14-17(5-4-6-19(14)25(27)28)21(26)22-16-10-8-15(9-11-16)18-13-24-12-3-2-7-20(24)23-18/h4-6,8-11,13H,2-3,7,12H2,1H3,(H,22,26). The number of hydrogen-bond acceptors (Lipinski definition) is 4. The molecule has 7 heteroatoms. The minimum Gasteiger partial charge on any atom is -0.334 e. The van der Waals surface area contributed by atoms with E-state index in [0.717, 1.165) is 30.0 Å². The Hall–Kier alpha value is -3.48. The van der Waals surface area contributed by atoms with Gasteiger partial charge >= 0.3 is 0 Å². The zero-order valence-electron chi connectivity index (χ0n) is 15.5. The van der Waals surface area contributed by atoms with Crippen molar-refractivity contribution in [2.24, 2.45) is 0 Å². The first kappa shape index (κ1) is 17.9. The molecular formula is C21H20N4O3. The van der Waals surface area contributed by atoms with Gasteiger partial charge in [0.15, 0.2) is 0 Å². The predicted molar refractivity (Wildman–Crippen MR) is 106 cm³/mol. The van der Waals surface area contributed by atoms with Crippen molar-refractivity contribution in [3.63, 3.8) is 0 Å². The number of hydrogen-bond donors (Lipinski definition) is 1. The van der Waals surface area contributed by atoms with E-state index < -0.39 is 4.92 Å². The first-order valence-corrected chi connectivity index (χ1v) is 9.25. The average molecular weight is 376 g/mol. The number of aryl methyl sites for hydroxylation is 2. The maximum Gasteiger partial charge on any atom is 0.273 e. The van der Waals surface area contributed by atoms with Crippen molar-refractivity contribution in [1.29, 1.82) is 0 Å². The van der Waals surface area contributed by atoms with E-state index in [0.29, 0.717) is 16.8 Å². The lowest BCUT2D eigenvalue weighted by Crippen LogP contribution is -2.14. The van der Waals surface area contributed by atoms with Crippen molar-refractivity contribution in [3.05, 3.63) is 75.7 Å². The number of carbonyl (C=O) groups excluding carboxylic acids is 1. The van der Waals surface area contributed by atoms with Crippen molar-refractivity contribution in [3.8, 4) is 11.3 Å². The zero-order chi connectivity index (χ0) is 19.7. The van der Waals surface area contributed by atoms with Crippen LogP contribution in [0.4, 0.5) is 11.4 Å². The van der Waals surface area contributed by atoms with Gasteiger partial charge in [-0.25, -0.2) is 4.98 Å². The Labute approximate surface area is 162 Å². The van der Waals surface area contributed by atoms with Crippen LogP contribution in [0.5, 0.6) is 0 Å². The first-order chi connectivity index (χ1) is 13.5. The molecule has 0 saturated heterocycles. The number of nitro groups is 1. The lowest BCUT2D eigenvalue weighted by Gasteiger charge is -2.11. The second-order valence-electron chi connectivity index (χ2n) is 6.93. The largest absolute Gasteiger partial charge is 0.334 e. The lowest BCUT2D eigenvalue weighted by molar-refractivity contribution is -0.385. The Kier molecular flexibility index (Phi) is 4.65. The number of benzene rings is 2. The molecule has 0 fully saturated rings. The molecule has 1 N–H and O–H groups in total. The fraction of sp³-hybridized carbons (Fsp3) is 0.238. The van der Waals surface area contributed by atoms with Crippen molar-refractivity contribution < 1.29 is 9.72 Å². The number of fused-ring (bicyclic) bond motifs is 1. The summed E-state index contributed by atoms with van der Waals surface area (Å²) in [6, 6.07) is 12.0. The number of anilines is 1. The highest BCUT2D eigenvalue weighted by Gasteiger charge is 2.18. The SMILES string of the molecule is Cc1c(C(=O)Nc2ccc(-c3cn4c(n3)CCCC4)cc2)cccc1[N+](=O)[O-]. The van der Waals surface area contributed by atoms with Gasteiger partial charge in [0.1, 0.15) is 5.82 Å². The van der Waals surface area contributed by atoms with Gasteiger partial charge in [0.2, 0.25) is 0 Å². The van der Waals surface area contributed by atoms with E-state index in [9.17, 15) is 14.9 Å². The molecule has 1 aliphatic rings. The number of aromatic nitrogens is 2. The molecule has 1 aromatic heterocycles. The summed E-state index contributed by atoms with van der Waals surface area (Å²) < 4.78 is 2.21. The smallest absolute Gasteiger partial charge is 0.273 e. The Morgan fingerprint density at radius 3 is 2.68 bits per heavy atom. The summed E-state index contributed by atoms with van der Waals surface area (Å²) in [7, 11) is 0. The molecule has 2 aromatic carbocycles. The Morgan fingerprint density at radius 1 is 1.18 bits per heavy atom. The van der Waals surface area contributed by atoms with Crippen LogP contribution in [0.3, 0.4) is 0 Å². The van der Waals surface area contributed by atoms with Crippen LogP contribution < -0.4 is 5.32 Å². The molecule has 0 aliphatic carbocycles. The van der Waals surface area contributed by atoms with Crippen molar-refractivity contribution in [1.82, 2.24) is 9.55 Å². The number of rotatable bonds is 4. The van der Waals surface area contributed by atoms with E-state index in [-0.39, 0.29) is 11.6 Å². The molecule has 0 saturated carbocycles. The van der Waals surface area contributed by atoms with E-state index in [1.165, 1.54) is 25.0 Å². The van der Waals surface area contributed by atoms with Crippen LogP contribution >= 0.6 is 0 Å². The van der Waals surface area contributed by atoms with Gasteiger partial charge in [0.25, 0.3) is 11.6 Å². The number of nitrogens with zero attached hydrogens (tertiary/aromatic N) is 3. The zero-order valence-corrected chi connectivity index (χ0v) is 15.5. The van der Waals surface area contributed by atoms with Gasteiger partial charge in [-0.2, -0.15) is 0 Å². The third kappa shape index (κ3) is 3.38. The number of nitro benzene ring substituents is 1. The van der Waals surface area contributed by atoms with E-state index >= 15 is 0 Å². The lowest BCUT2D eigenvalue weighted by atomic mass is 10.1. The van der Waals surface area contributed by atoms with E-state index in [4.69, 9.17) is 4.98 Å². The average Bonchev–Trinajstić information content (AvgIpc) is 3.12. The second-order valence-corrected chi connectivity index (χ2v) is 6.93. The Morgan fingerprint density at radius 2 is 1.96 bits per heavy atom. The Balaban J connectivity index is 1.52. The molecule has 0 spiro atoms. The highest BCUT2D eigenvalue weighted by atomic mass is 16.6. The van der Waals surface area contributed by atoms with E-state index in [1.807, 2.05) is 24.3 Å². The van der Waals surface area contributed by atoms with E-state index in [1.54, 1.807) is 13.0 Å². The normalized spacial score (nSPS) is 13.0. The highest BCUT2D eigenvalue weighted by molar-refractivity contribution is 6.05. The van der Waals surface area contributed by atoms with Crippen molar-refractivity contribution in [2.45, 2.75) is 32.7 Å². The van der Waals surface area contributed by atoms with Gasteiger partial charge < -0.3 is 9.88 Å². The molecule has 7 nitrogen and oxygen atoms in total. The minimum atomic E-state index is -0.481. The highest BCUT2D eigenvalue weighted by Crippen LogP contribution is 2.25. The maximum atomic E-state index is 12.5. The summed E-state index contributed by atoms with van der Waals surface area (Å²) in [4.78, 5) is 27.8. The fourth-order valence-electron chi connectivity index (χ4n) is 3.54. The predicted octanol–water partition coefficient (Wildman–Crippen LogP) is 4.36. The molecule has 28 heavy (non-hydrogen) atoms. The van der Waals surface area contributed by atoms with Gasteiger partial charge in [0.05, 0.1) is 10.6 Å². The van der Waals surface area contributed by atoms with E-state index in [2.05, 4.69) is 16.1 Å². The van der Waals surface area contributed by atoms with Crippen molar-refractivity contribution >= 4 is 17.3 Å². The van der Waals surface area contributed by atoms with Gasteiger partial charge in [-0.05, 0) is 38.0 Å². The molecule has 0 atom stereocenters. The quantitative estimate of drug-likeness (QED) is 0.541. The third-order valence-electron chi connectivity index (χ3n) is 5.09. The van der Waals surface area contributed by atoms with Crippen LogP contribution in [0, 0.1) is 17.0 Å². The monoisotopic (exact) mass is 376 g/mol. The molecule has 0 unspecified atom stereocenters. The summed E-state index contributed by atoms with van der Waals surface area (Å²) >= 11 is 0. The molecule has 3 aromatic rings. The summed E-state index contributed by atoms with van der Waals surface area (Å²) in [5.74, 6) is 0.756. The van der Waals surface area contributed by atoms with Gasteiger partial charge in [0, 0.05) is 47.6 Å². The van der Waals surface area contributed by atoms with Crippen LogP contribution in [0.15, 0.2) is 48.7 Å². The van der Waals surface area contributed by atoms with Crippen LogP contribution in [-0.2, 0) is 13.0 Å². The number of imidazole rings is 1.